The van der Waals surface area contributed by atoms with Gasteiger partial charge in [-0.1, -0.05) is 159 Å². The quantitative estimate of drug-likeness (QED) is 0.176. The van der Waals surface area contributed by atoms with Crippen LogP contribution in [0.25, 0.3) is 64.3 Å². The molecule has 0 saturated carbocycles. The predicted octanol–water partition coefficient (Wildman–Crippen LogP) is 14.3. The number of rotatable bonds is 5. The molecule has 0 unspecified atom stereocenters. The van der Waals surface area contributed by atoms with Crippen molar-refractivity contribution in [3.05, 3.63) is 187 Å². The van der Waals surface area contributed by atoms with Crippen molar-refractivity contribution in [2.24, 2.45) is 0 Å². The van der Waals surface area contributed by atoms with Crippen LogP contribution in [0.1, 0.15) is 25.0 Å². The highest BCUT2D eigenvalue weighted by Crippen LogP contribution is 2.55. The monoisotopic (exact) mass is 669 g/mol. The van der Waals surface area contributed by atoms with Gasteiger partial charge in [-0.15, -0.1) is 11.3 Å². The number of thiophene rings is 1. The predicted molar refractivity (Wildman–Crippen MR) is 220 cm³/mol. The van der Waals surface area contributed by atoms with Gasteiger partial charge in [-0.2, -0.15) is 0 Å². The van der Waals surface area contributed by atoms with Crippen molar-refractivity contribution in [3.63, 3.8) is 0 Å². The highest BCUT2D eigenvalue weighted by Gasteiger charge is 2.36. The fraction of sp³-hybridized carbons (Fsp3) is 0.0612. The summed E-state index contributed by atoms with van der Waals surface area (Å²) in [4.78, 5) is 2.55. The molecule has 1 heterocycles. The molecule has 242 valence electrons. The fourth-order valence-electron chi connectivity index (χ4n) is 8.41. The van der Waals surface area contributed by atoms with Crippen LogP contribution in [-0.4, -0.2) is 0 Å². The molecule has 0 bridgehead atoms. The maximum Gasteiger partial charge on any atom is 0.0639 e. The minimum absolute atomic E-state index is 0.124. The van der Waals surface area contributed by atoms with Crippen LogP contribution in [0.4, 0.5) is 17.1 Å². The van der Waals surface area contributed by atoms with Crippen LogP contribution in [0.5, 0.6) is 0 Å². The Bertz CT molecular complexity index is 2760. The third-order valence-corrected chi connectivity index (χ3v) is 12.1. The average molecular weight is 670 g/mol. The van der Waals surface area contributed by atoms with E-state index in [4.69, 9.17) is 0 Å². The van der Waals surface area contributed by atoms with Crippen LogP contribution in [-0.2, 0) is 5.41 Å². The number of anilines is 3. The molecular formula is C49H35NS. The molecule has 0 atom stereocenters. The molecular weight excluding hydrogens is 635 g/mol. The van der Waals surface area contributed by atoms with Gasteiger partial charge >= 0.3 is 0 Å². The summed E-state index contributed by atoms with van der Waals surface area (Å²) in [7, 11) is 0. The molecule has 51 heavy (non-hydrogen) atoms. The van der Waals surface area contributed by atoms with Gasteiger partial charge in [0.2, 0.25) is 0 Å². The number of hydrogen-bond acceptors (Lipinski definition) is 2. The lowest BCUT2D eigenvalue weighted by Gasteiger charge is -2.31. The van der Waals surface area contributed by atoms with Gasteiger partial charge in [-0.05, 0) is 74.7 Å². The molecule has 1 aliphatic carbocycles. The lowest BCUT2D eigenvalue weighted by Crippen LogP contribution is -2.17. The number of fused-ring (bicyclic) bond motifs is 8. The molecule has 1 nitrogen and oxygen atoms in total. The van der Waals surface area contributed by atoms with Crippen LogP contribution in [0.15, 0.2) is 176 Å². The summed E-state index contributed by atoms with van der Waals surface area (Å²) in [6.45, 7) is 4.74. The largest absolute Gasteiger partial charge is 0.309 e. The summed E-state index contributed by atoms with van der Waals surface area (Å²) in [5.74, 6) is 0. The third-order valence-electron chi connectivity index (χ3n) is 10.9. The SMILES string of the molecule is CC1(C)c2ccccc2-c2ccc(N(c3ccc(-c4ccccc4)cc3)c3c(-c4ccccc4)c4ccccc4c4sc5ccccc5c34)cc21. The Labute approximate surface area is 302 Å². The molecule has 8 aromatic carbocycles. The van der Waals surface area contributed by atoms with E-state index in [0.717, 1.165) is 11.4 Å². The third kappa shape index (κ3) is 4.60. The molecule has 0 fully saturated rings. The minimum atomic E-state index is -0.124. The average Bonchev–Trinajstić information content (AvgIpc) is 3.69. The van der Waals surface area contributed by atoms with Gasteiger partial charge in [-0.3, -0.25) is 0 Å². The van der Waals surface area contributed by atoms with E-state index in [1.165, 1.54) is 81.1 Å². The lowest BCUT2D eigenvalue weighted by molar-refractivity contribution is 0.660. The van der Waals surface area contributed by atoms with Crippen LogP contribution >= 0.6 is 11.3 Å². The van der Waals surface area contributed by atoms with Crippen molar-refractivity contribution in [2.45, 2.75) is 19.3 Å². The number of nitrogens with zero attached hydrogens (tertiary/aromatic N) is 1. The Morgan fingerprint density at radius 2 is 1.02 bits per heavy atom. The highest BCUT2D eigenvalue weighted by atomic mass is 32.1. The fourth-order valence-corrected chi connectivity index (χ4v) is 9.66. The molecule has 0 amide bonds. The van der Waals surface area contributed by atoms with Gasteiger partial charge in [0.05, 0.1) is 5.69 Å². The van der Waals surface area contributed by atoms with E-state index < -0.39 is 0 Å². The van der Waals surface area contributed by atoms with Gasteiger partial charge in [0, 0.05) is 47.9 Å². The van der Waals surface area contributed by atoms with Crippen LogP contribution < -0.4 is 4.90 Å². The second kappa shape index (κ2) is 11.6. The molecule has 0 aliphatic heterocycles. The van der Waals surface area contributed by atoms with Crippen molar-refractivity contribution in [3.8, 4) is 33.4 Å². The van der Waals surface area contributed by atoms with Crippen molar-refractivity contribution < 1.29 is 0 Å². The van der Waals surface area contributed by atoms with Gasteiger partial charge < -0.3 is 4.90 Å². The smallest absolute Gasteiger partial charge is 0.0639 e. The molecule has 1 aromatic heterocycles. The van der Waals surface area contributed by atoms with Crippen molar-refractivity contribution >= 4 is 59.3 Å². The molecule has 2 heteroatoms. The summed E-state index contributed by atoms with van der Waals surface area (Å²) in [5, 5.41) is 5.14. The standard InChI is InChI=1S/C49H35NS/c1-49(2)42-23-13-11-19-37(42)38-30-29-36(31-43(38)49)50(35-27-25-33(26-28-35)32-15-5-3-6-16-32)47-45(34-17-7-4-8-18-34)39-20-9-10-21-40(39)48-46(47)41-22-12-14-24-44(41)51-48/h3-31H,1-2H3. The van der Waals surface area contributed by atoms with Crippen LogP contribution in [0, 0.1) is 0 Å². The maximum absolute atomic E-state index is 2.55. The molecule has 9 aromatic rings. The Morgan fingerprint density at radius 3 is 1.78 bits per heavy atom. The van der Waals surface area contributed by atoms with Crippen LogP contribution in [0.3, 0.4) is 0 Å². The Kier molecular flexibility index (Phi) is 6.78. The van der Waals surface area contributed by atoms with Crippen molar-refractivity contribution in [1.82, 2.24) is 0 Å². The van der Waals surface area contributed by atoms with E-state index in [9.17, 15) is 0 Å². The minimum Gasteiger partial charge on any atom is -0.309 e. The first-order chi connectivity index (χ1) is 25.1. The summed E-state index contributed by atoms with van der Waals surface area (Å²) in [5.41, 5.74) is 13.7. The summed E-state index contributed by atoms with van der Waals surface area (Å²) >= 11 is 1.90. The second-order valence-corrected chi connectivity index (χ2v) is 15.1. The van der Waals surface area contributed by atoms with E-state index in [-0.39, 0.29) is 5.41 Å². The molecule has 0 N–H and O–H groups in total. The molecule has 1 aliphatic rings. The Balaban J connectivity index is 1.33. The molecule has 0 radical (unpaired) electrons. The maximum atomic E-state index is 2.55. The van der Waals surface area contributed by atoms with Crippen molar-refractivity contribution in [2.75, 3.05) is 4.90 Å². The number of hydrogen-bond donors (Lipinski definition) is 0. The normalized spacial score (nSPS) is 13.1. The molecule has 0 saturated heterocycles. The van der Waals surface area contributed by atoms with E-state index in [1.54, 1.807) is 0 Å². The molecule has 0 spiro atoms. The molecule has 10 rings (SSSR count). The van der Waals surface area contributed by atoms with E-state index in [1.807, 2.05) is 11.3 Å². The second-order valence-electron chi connectivity index (χ2n) is 14.1. The number of benzene rings is 8. The first-order valence-corrected chi connectivity index (χ1v) is 18.5. The zero-order valence-corrected chi connectivity index (χ0v) is 29.4. The van der Waals surface area contributed by atoms with E-state index >= 15 is 0 Å². The lowest BCUT2D eigenvalue weighted by atomic mass is 9.82. The van der Waals surface area contributed by atoms with E-state index in [2.05, 4.69) is 195 Å². The topological polar surface area (TPSA) is 3.24 Å². The van der Waals surface area contributed by atoms with Gasteiger partial charge in [0.25, 0.3) is 0 Å². The Hall–Kier alpha value is -5.96. The van der Waals surface area contributed by atoms with Gasteiger partial charge in [0.15, 0.2) is 0 Å². The van der Waals surface area contributed by atoms with Gasteiger partial charge in [0.1, 0.15) is 0 Å². The summed E-state index contributed by atoms with van der Waals surface area (Å²) in [6, 6.07) is 64.8. The zero-order valence-electron chi connectivity index (χ0n) is 28.6. The summed E-state index contributed by atoms with van der Waals surface area (Å²) < 4.78 is 2.62. The zero-order chi connectivity index (χ0) is 34.1. The Morgan fingerprint density at radius 1 is 0.451 bits per heavy atom. The highest BCUT2D eigenvalue weighted by molar-refractivity contribution is 7.26. The van der Waals surface area contributed by atoms with Crippen LogP contribution in [0.2, 0.25) is 0 Å². The van der Waals surface area contributed by atoms with E-state index in [0.29, 0.717) is 0 Å². The summed E-state index contributed by atoms with van der Waals surface area (Å²) in [6.07, 6.45) is 0. The van der Waals surface area contributed by atoms with Crippen molar-refractivity contribution in [1.29, 1.82) is 0 Å². The first kappa shape index (κ1) is 29.9. The first-order valence-electron chi connectivity index (χ1n) is 17.7. The van der Waals surface area contributed by atoms with Gasteiger partial charge in [-0.25, -0.2) is 0 Å².